The smallest absolute Gasteiger partial charge is 0.328 e. The number of fused-ring (bicyclic) bond motifs is 1. The van der Waals surface area contributed by atoms with Crippen molar-refractivity contribution in [2.45, 2.75) is 36.2 Å². The standard InChI is InChI=1S/C24H26F3N3O4S.C4H4O4/c1-35(33,34)18-4-2-3-14(8-18)24(32)29-12-15-5-6-30(22(15)13-29)23(31)10-17(28)7-16-9-20(26)21(27)11-19(16)25;5-3(6)1-2-4(7)8/h2-4,8-9,11,15,17,22H,5-7,10,12-13,28H2,1H3;1-2H,(H,5,6)(H,7,8)/b;2-1+/t15-,17+,22+;/m0./s1. The summed E-state index contributed by atoms with van der Waals surface area (Å²) >= 11 is 0. The summed E-state index contributed by atoms with van der Waals surface area (Å²) in [6, 6.07) is 6.08. The van der Waals surface area contributed by atoms with Crippen LogP contribution in [0.4, 0.5) is 13.2 Å². The summed E-state index contributed by atoms with van der Waals surface area (Å²) in [5.74, 6) is -6.37. The quantitative estimate of drug-likeness (QED) is 0.292. The van der Waals surface area contributed by atoms with E-state index in [-0.39, 0.29) is 52.6 Å². The summed E-state index contributed by atoms with van der Waals surface area (Å²) < 4.78 is 64.2. The van der Waals surface area contributed by atoms with Gasteiger partial charge in [-0.05, 0) is 42.7 Å². The van der Waals surface area contributed by atoms with Gasteiger partial charge < -0.3 is 25.7 Å². The number of nitrogens with two attached hydrogens (primary N) is 1. The van der Waals surface area contributed by atoms with Crippen molar-refractivity contribution in [3.05, 3.63) is 77.1 Å². The third-order valence-corrected chi connectivity index (χ3v) is 8.15. The van der Waals surface area contributed by atoms with E-state index in [1.165, 1.54) is 18.2 Å². The van der Waals surface area contributed by atoms with Crippen LogP contribution >= 0.6 is 0 Å². The lowest BCUT2D eigenvalue weighted by atomic mass is 10.0. The van der Waals surface area contributed by atoms with E-state index in [0.29, 0.717) is 44.3 Å². The van der Waals surface area contributed by atoms with E-state index >= 15 is 0 Å². The highest BCUT2D eigenvalue weighted by Crippen LogP contribution is 2.33. The average Bonchev–Trinajstić information content (AvgIpc) is 3.51. The van der Waals surface area contributed by atoms with Gasteiger partial charge in [-0.1, -0.05) is 6.07 Å². The van der Waals surface area contributed by atoms with Gasteiger partial charge in [0.05, 0.1) is 10.9 Å². The zero-order valence-corrected chi connectivity index (χ0v) is 23.8. The highest BCUT2D eigenvalue weighted by atomic mass is 32.2. The van der Waals surface area contributed by atoms with Gasteiger partial charge in [-0.3, -0.25) is 9.59 Å². The van der Waals surface area contributed by atoms with E-state index < -0.39 is 45.3 Å². The van der Waals surface area contributed by atoms with Gasteiger partial charge in [0.25, 0.3) is 5.91 Å². The molecule has 2 aliphatic rings. The number of likely N-dealkylation sites (tertiary alicyclic amines) is 2. The monoisotopic (exact) mass is 625 g/mol. The third kappa shape index (κ3) is 8.88. The molecule has 0 unspecified atom stereocenters. The fourth-order valence-corrected chi connectivity index (χ4v) is 5.71. The van der Waals surface area contributed by atoms with Gasteiger partial charge in [0.15, 0.2) is 21.5 Å². The molecule has 232 valence electrons. The van der Waals surface area contributed by atoms with E-state index in [0.717, 1.165) is 12.3 Å². The van der Waals surface area contributed by atoms with Gasteiger partial charge in [-0.2, -0.15) is 0 Å². The predicted molar refractivity (Wildman–Crippen MR) is 146 cm³/mol. The van der Waals surface area contributed by atoms with Gasteiger partial charge in [0.1, 0.15) is 5.82 Å². The van der Waals surface area contributed by atoms with Crippen molar-refractivity contribution in [3.63, 3.8) is 0 Å². The van der Waals surface area contributed by atoms with Crippen molar-refractivity contribution in [1.82, 2.24) is 9.80 Å². The van der Waals surface area contributed by atoms with Crippen LogP contribution in [0.2, 0.25) is 0 Å². The van der Waals surface area contributed by atoms with E-state index in [1.54, 1.807) is 15.9 Å². The molecule has 2 aromatic carbocycles. The molecule has 2 saturated heterocycles. The lowest BCUT2D eigenvalue weighted by molar-refractivity contribution is -0.134. The number of aliphatic carboxylic acids is 2. The van der Waals surface area contributed by atoms with Crippen molar-refractivity contribution in [2.24, 2.45) is 11.7 Å². The molecule has 0 aliphatic carbocycles. The number of rotatable bonds is 8. The second-order valence-corrected chi connectivity index (χ2v) is 12.3. The molecular formula is C28H30F3N3O8S. The Balaban J connectivity index is 0.000000557. The molecule has 43 heavy (non-hydrogen) atoms. The third-order valence-electron chi connectivity index (χ3n) is 7.04. The number of carboxylic acid groups (broad SMARTS) is 2. The molecule has 4 rings (SSSR count). The van der Waals surface area contributed by atoms with Crippen LogP contribution in [0.3, 0.4) is 0 Å². The molecule has 2 aliphatic heterocycles. The summed E-state index contributed by atoms with van der Waals surface area (Å²) in [5.41, 5.74) is 6.19. The normalized spacial score (nSPS) is 18.6. The van der Waals surface area contributed by atoms with Crippen LogP contribution in [0.25, 0.3) is 0 Å². The maximum atomic E-state index is 13.9. The Morgan fingerprint density at radius 2 is 1.63 bits per heavy atom. The maximum Gasteiger partial charge on any atom is 0.328 e. The number of sulfone groups is 1. The Labute approximate surface area is 245 Å². The fourth-order valence-electron chi connectivity index (χ4n) is 5.04. The first-order valence-corrected chi connectivity index (χ1v) is 14.9. The molecule has 2 amide bonds. The van der Waals surface area contributed by atoms with Gasteiger partial charge >= 0.3 is 11.9 Å². The molecule has 0 radical (unpaired) electrons. The minimum atomic E-state index is -3.46. The van der Waals surface area contributed by atoms with Crippen molar-refractivity contribution in [3.8, 4) is 0 Å². The van der Waals surface area contributed by atoms with Gasteiger partial charge in [-0.25, -0.2) is 31.2 Å². The topological polar surface area (TPSA) is 175 Å². The molecule has 3 atom stereocenters. The molecule has 4 N–H and O–H groups in total. The number of hydrogen-bond acceptors (Lipinski definition) is 7. The first-order valence-electron chi connectivity index (χ1n) is 13.0. The van der Waals surface area contributed by atoms with Gasteiger partial charge in [0, 0.05) is 68.1 Å². The second kappa shape index (κ2) is 13.8. The molecule has 0 spiro atoms. The number of carbonyl (C=O) groups is 4. The van der Waals surface area contributed by atoms with Crippen molar-refractivity contribution in [1.29, 1.82) is 0 Å². The number of nitrogens with zero attached hydrogens (tertiary/aromatic N) is 2. The highest BCUT2D eigenvalue weighted by Gasteiger charge is 2.44. The molecule has 0 bridgehead atoms. The molecular weight excluding hydrogens is 595 g/mol. The maximum absolute atomic E-state index is 13.9. The van der Waals surface area contributed by atoms with Crippen LogP contribution in [0.5, 0.6) is 0 Å². The Kier molecular flexibility index (Phi) is 10.7. The highest BCUT2D eigenvalue weighted by molar-refractivity contribution is 7.90. The van der Waals surface area contributed by atoms with Crippen LogP contribution in [0.15, 0.2) is 53.4 Å². The number of benzene rings is 2. The summed E-state index contributed by atoms with van der Waals surface area (Å²) in [7, 11) is -3.46. The second-order valence-electron chi connectivity index (χ2n) is 10.2. The Bertz CT molecular complexity index is 1530. The fraction of sp³-hybridized carbons (Fsp3) is 0.357. The summed E-state index contributed by atoms with van der Waals surface area (Å²) in [6.45, 7) is 1.26. The van der Waals surface area contributed by atoms with E-state index in [1.807, 2.05) is 0 Å². The lowest BCUT2D eigenvalue weighted by Crippen LogP contribution is -2.43. The van der Waals surface area contributed by atoms with Gasteiger partial charge in [0.2, 0.25) is 5.91 Å². The number of carbonyl (C=O) groups excluding carboxylic acids is 2. The Hall–Kier alpha value is -4.24. The largest absolute Gasteiger partial charge is 0.478 e. The van der Waals surface area contributed by atoms with Crippen molar-refractivity contribution >= 4 is 33.6 Å². The number of amides is 2. The first-order chi connectivity index (χ1) is 20.1. The minimum absolute atomic E-state index is 0.0611. The Morgan fingerprint density at radius 1 is 1.00 bits per heavy atom. The van der Waals surface area contributed by atoms with Crippen LogP contribution in [-0.4, -0.2) is 90.2 Å². The first kappa shape index (κ1) is 33.3. The van der Waals surface area contributed by atoms with Crippen molar-refractivity contribution < 1.29 is 51.0 Å². The molecule has 2 fully saturated rings. The van der Waals surface area contributed by atoms with Gasteiger partial charge in [-0.15, -0.1) is 0 Å². The Morgan fingerprint density at radius 3 is 2.23 bits per heavy atom. The predicted octanol–water partition coefficient (Wildman–Crippen LogP) is 1.85. The van der Waals surface area contributed by atoms with Crippen LogP contribution in [0.1, 0.15) is 28.8 Å². The molecule has 0 saturated carbocycles. The van der Waals surface area contributed by atoms with E-state index in [2.05, 4.69) is 0 Å². The zero-order chi connectivity index (χ0) is 32.1. The number of halogens is 3. The number of hydrogen-bond donors (Lipinski definition) is 3. The van der Waals surface area contributed by atoms with Crippen LogP contribution in [0, 0.1) is 23.4 Å². The molecule has 2 aromatic rings. The van der Waals surface area contributed by atoms with E-state index in [4.69, 9.17) is 15.9 Å². The SMILES string of the molecule is CS(=O)(=O)c1cccc(C(=O)N2C[C@@H]3CCN(C(=O)C[C@H](N)Cc4cc(F)c(F)cc4F)[C@@H]3C2)c1.O=C(O)/C=C/C(=O)O. The summed E-state index contributed by atoms with van der Waals surface area (Å²) in [4.78, 5) is 48.4. The zero-order valence-electron chi connectivity index (χ0n) is 23.0. The van der Waals surface area contributed by atoms with Crippen LogP contribution < -0.4 is 5.73 Å². The summed E-state index contributed by atoms with van der Waals surface area (Å²) in [5, 5.41) is 15.6. The van der Waals surface area contributed by atoms with Crippen LogP contribution in [-0.2, 0) is 30.6 Å². The molecule has 15 heteroatoms. The molecule has 0 aromatic heterocycles. The summed E-state index contributed by atoms with van der Waals surface area (Å²) in [6.07, 6.45) is 2.66. The van der Waals surface area contributed by atoms with E-state index in [9.17, 15) is 40.8 Å². The lowest BCUT2D eigenvalue weighted by Gasteiger charge is -2.26. The molecule has 2 heterocycles. The average molecular weight is 626 g/mol. The minimum Gasteiger partial charge on any atom is -0.478 e. The van der Waals surface area contributed by atoms with Crippen molar-refractivity contribution in [2.75, 3.05) is 25.9 Å². The molecule has 11 nitrogen and oxygen atoms in total. The number of carboxylic acids is 2.